The van der Waals surface area contributed by atoms with Crippen molar-refractivity contribution in [3.8, 4) is 0 Å². The van der Waals surface area contributed by atoms with Gasteiger partial charge in [0.2, 0.25) is 5.82 Å². The van der Waals surface area contributed by atoms with Crippen LogP contribution in [0.2, 0.25) is 0 Å². The normalized spacial score (nSPS) is 10.4. The lowest BCUT2D eigenvalue weighted by Gasteiger charge is -2.04. The van der Waals surface area contributed by atoms with Gasteiger partial charge in [-0.2, -0.15) is 14.6 Å². The van der Waals surface area contributed by atoms with Gasteiger partial charge in [0.1, 0.15) is 0 Å². The predicted molar refractivity (Wildman–Crippen MR) is 65.6 cm³/mol. The highest BCUT2D eigenvalue weighted by Crippen LogP contribution is 2.17. The van der Waals surface area contributed by atoms with Crippen LogP contribution in [0.15, 0.2) is 36.5 Å². The molecule has 0 radical (unpaired) electrons. The summed E-state index contributed by atoms with van der Waals surface area (Å²) in [4.78, 5) is 9.72. The lowest BCUT2D eigenvalue weighted by Crippen LogP contribution is -2.14. The largest absolute Gasteiger partial charge is 0.307 e. The predicted octanol–water partition coefficient (Wildman–Crippen LogP) is 1.81. The Balaban J connectivity index is 1.93. The lowest BCUT2D eigenvalue weighted by atomic mass is 10.2. The smallest absolute Gasteiger partial charge is 0.304 e. The molecule has 2 aromatic rings. The molecule has 0 aliphatic heterocycles. The van der Waals surface area contributed by atoms with Crippen LogP contribution in [0.5, 0.6) is 0 Å². The van der Waals surface area contributed by atoms with Gasteiger partial charge in [-0.15, -0.1) is 0 Å². The molecule has 0 bridgehead atoms. The summed E-state index contributed by atoms with van der Waals surface area (Å²) in [6.07, 6.45) is 1.58. The number of hydrogen-bond acceptors (Lipinski definition) is 5. The van der Waals surface area contributed by atoms with E-state index in [2.05, 4.69) is 15.5 Å². The number of nitro benzene ring substituents is 1. The van der Waals surface area contributed by atoms with Crippen LogP contribution in [0.1, 0.15) is 11.3 Å². The number of hydrogen-bond donors (Lipinski definition) is 1. The topological polar surface area (TPSA) is 81.0 Å². The molecule has 1 aromatic carbocycles. The van der Waals surface area contributed by atoms with Crippen molar-refractivity contribution in [2.45, 2.75) is 13.1 Å². The molecular weight excluding hydrogens is 251 g/mol. The standard InChI is InChI=1S/C12H11FN4O2/c13-11-6-9(3-4-12(11)17(18)19)7-14-8-10-2-1-5-15-16-10/h1-6,14H,7-8H2. The first kappa shape index (κ1) is 13.0. The van der Waals surface area contributed by atoms with Gasteiger partial charge in [-0.05, 0) is 23.8 Å². The number of nitrogens with one attached hydrogen (secondary N) is 1. The maximum Gasteiger partial charge on any atom is 0.304 e. The van der Waals surface area contributed by atoms with E-state index in [0.29, 0.717) is 18.7 Å². The summed E-state index contributed by atoms with van der Waals surface area (Å²) < 4.78 is 13.4. The fourth-order valence-corrected chi connectivity index (χ4v) is 1.57. The minimum Gasteiger partial charge on any atom is -0.307 e. The second-order valence-corrected chi connectivity index (χ2v) is 3.86. The van der Waals surface area contributed by atoms with Crippen LogP contribution in [0.4, 0.5) is 10.1 Å². The highest BCUT2D eigenvalue weighted by molar-refractivity contribution is 5.34. The van der Waals surface area contributed by atoms with Crippen molar-refractivity contribution in [2.24, 2.45) is 0 Å². The third-order valence-electron chi connectivity index (χ3n) is 2.47. The van der Waals surface area contributed by atoms with E-state index in [9.17, 15) is 14.5 Å². The van der Waals surface area contributed by atoms with Gasteiger partial charge in [0.25, 0.3) is 0 Å². The Morgan fingerprint density at radius 3 is 2.79 bits per heavy atom. The van der Waals surface area contributed by atoms with Crippen LogP contribution < -0.4 is 5.32 Å². The van der Waals surface area contributed by atoms with E-state index in [-0.39, 0.29) is 0 Å². The summed E-state index contributed by atoms with van der Waals surface area (Å²) in [5.41, 5.74) is 0.884. The second-order valence-electron chi connectivity index (χ2n) is 3.86. The molecule has 0 unspecified atom stereocenters. The van der Waals surface area contributed by atoms with Gasteiger partial charge in [0.15, 0.2) is 0 Å². The minimum atomic E-state index is -0.830. The van der Waals surface area contributed by atoms with E-state index >= 15 is 0 Å². The summed E-state index contributed by atoms with van der Waals surface area (Å²) in [5.74, 6) is -0.830. The van der Waals surface area contributed by atoms with Crippen molar-refractivity contribution < 1.29 is 9.31 Å². The summed E-state index contributed by atoms with van der Waals surface area (Å²) in [7, 11) is 0. The molecule has 0 aliphatic carbocycles. The fraction of sp³-hybridized carbons (Fsp3) is 0.167. The zero-order valence-electron chi connectivity index (χ0n) is 9.91. The number of nitrogens with zero attached hydrogens (tertiary/aromatic N) is 3. The molecule has 0 atom stereocenters. The third kappa shape index (κ3) is 3.52. The minimum absolute atomic E-state index is 0.394. The summed E-state index contributed by atoms with van der Waals surface area (Å²) in [5, 5.41) is 21.1. The third-order valence-corrected chi connectivity index (χ3v) is 2.47. The number of aromatic nitrogens is 2. The van der Waals surface area contributed by atoms with E-state index in [0.717, 1.165) is 17.8 Å². The first-order valence-corrected chi connectivity index (χ1v) is 5.57. The average molecular weight is 262 g/mol. The van der Waals surface area contributed by atoms with Gasteiger partial charge in [-0.3, -0.25) is 10.1 Å². The van der Waals surface area contributed by atoms with Gasteiger partial charge in [0.05, 0.1) is 10.6 Å². The number of rotatable bonds is 5. The molecule has 0 saturated heterocycles. The molecule has 1 heterocycles. The quantitative estimate of drug-likeness (QED) is 0.656. The van der Waals surface area contributed by atoms with E-state index in [1.165, 1.54) is 6.07 Å². The van der Waals surface area contributed by atoms with Crippen LogP contribution in [0.3, 0.4) is 0 Å². The maximum atomic E-state index is 13.4. The molecule has 1 aromatic heterocycles. The molecule has 7 heteroatoms. The Labute approximate surface area is 108 Å². The molecule has 0 fully saturated rings. The van der Waals surface area contributed by atoms with Crippen molar-refractivity contribution in [3.05, 3.63) is 63.7 Å². The maximum absolute atomic E-state index is 13.4. The summed E-state index contributed by atoms with van der Waals surface area (Å²) in [6.45, 7) is 0.887. The Morgan fingerprint density at radius 1 is 1.32 bits per heavy atom. The van der Waals surface area contributed by atoms with Crippen molar-refractivity contribution in [1.82, 2.24) is 15.5 Å². The van der Waals surface area contributed by atoms with E-state index in [1.54, 1.807) is 12.3 Å². The van der Waals surface area contributed by atoms with Crippen LogP contribution >= 0.6 is 0 Å². The summed E-state index contributed by atoms with van der Waals surface area (Å²) in [6, 6.07) is 7.42. The van der Waals surface area contributed by atoms with Crippen molar-refractivity contribution >= 4 is 5.69 Å². The SMILES string of the molecule is O=[N+]([O-])c1ccc(CNCc2cccnn2)cc1F. The molecule has 6 nitrogen and oxygen atoms in total. The van der Waals surface area contributed by atoms with Crippen LogP contribution in [0, 0.1) is 15.9 Å². The molecule has 0 saturated carbocycles. The summed E-state index contributed by atoms with van der Waals surface area (Å²) >= 11 is 0. The van der Waals surface area contributed by atoms with Crippen LogP contribution in [0.25, 0.3) is 0 Å². The van der Waals surface area contributed by atoms with E-state index < -0.39 is 16.4 Å². The molecule has 98 valence electrons. The number of nitro groups is 1. The van der Waals surface area contributed by atoms with Crippen LogP contribution in [-0.4, -0.2) is 15.1 Å². The van der Waals surface area contributed by atoms with E-state index in [4.69, 9.17) is 0 Å². The molecule has 2 rings (SSSR count). The van der Waals surface area contributed by atoms with Crippen molar-refractivity contribution in [2.75, 3.05) is 0 Å². The molecule has 0 aliphatic rings. The van der Waals surface area contributed by atoms with Crippen LogP contribution in [-0.2, 0) is 13.1 Å². The Hall–Kier alpha value is -2.41. The van der Waals surface area contributed by atoms with Gasteiger partial charge >= 0.3 is 5.69 Å². The zero-order chi connectivity index (χ0) is 13.7. The second kappa shape index (κ2) is 5.96. The molecule has 19 heavy (non-hydrogen) atoms. The molecule has 0 amide bonds. The Kier molecular flexibility index (Phi) is 4.09. The number of halogens is 1. The van der Waals surface area contributed by atoms with Gasteiger partial charge < -0.3 is 5.32 Å². The van der Waals surface area contributed by atoms with Gasteiger partial charge in [-0.25, -0.2) is 0 Å². The monoisotopic (exact) mass is 262 g/mol. The first-order valence-electron chi connectivity index (χ1n) is 5.57. The fourth-order valence-electron chi connectivity index (χ4n) is 1.57. The van der Waals surface area contributed by atoms with Crippen molar-refractivity contribution in [3.63, 3.8) is 0 Å². The Bertz CT molecular complexity index is 577. The van der Waals surface area contributed by atoms with E-state index in [1.807, 2.05) is 6.07 Å². The zero-order valence-corrected chi connectivity index (χ0v) is 9.91. The molecular formula is C12H11FN4O2. The molecule has 0 spiro atoms. The van der Waals surface area contributed by atoms with Crippen molar-refractivity contribution in [1.29, 1.82) is 0 Å². The number of benzene rings is 1. The Morgan fingerprint density at radius 2 is 2.16 bits per heavy atom. The van der Waals surface area contributed by atoms with Gasteiger partial charge in [-0.1, -0.05) is 6.07 Å². The highest BCUT2D eigenvalue weighted by atomic mass is 19.1. The molecule has 1 N–H and O–H groups in total. The lowest BCUT2D eigenvalue weighted by molar-refractivity contribution is -0.387. The highest BCUT2D eigenvalue weighted by Gasteiger charge is 2.13. The first-order chi connectivity index (χ1) is 9.16. The van der Waals surface area contributed by atoms with Gasteiger partial charge in [0, 0.05) is 25.4 Å². The average Bonchev–Trinajstić information content (AvgIpc) is 2.39.